The standard InChI is InChI=1S/C20H20O/c1-14-11-20(3,12-15(2)19(14)21)13-16-8-9-17-6-4-5-7-18(17)10-16/h4-12H,13H2,1-3H3. The minimum Gasteiger partial charge on any atom is -0.289 e. The normalized spacial score (nSPS) is 17.6. The van der Waals surface area contributed by atoms with Crippen molar-refractivity contribution in [2.75, 3.05) is 0 Å². The lowest BCUT2D eigenvalue weighted by molar-refractivity contribution is -0.112. The van der Waals surface area contributed by atoms with Gasteiger partial charge in [0.05, 0.1) is 0 Å². The van der Waals surface area contributed by atoms with Gasteiger partial charge in [-0.3, -0.25) is 4.79 Å². The van der Waals surface area contributed by atoms with Gasteiger partial charge in [-0.2, -0.15) is 0 Å². The van der Waals surface area contributed by atoms with E-state index in [-0.39, 0.29) is 11.2 Å². The highest BCUT2D eigenvalue weighted by atomic mass is 16.1. The molecule has 0 aromatic heterocycles. The van der Waals surface area contributed by atoms with Crippen LogP contribution in [0.1, 0.15) is 26.3 Å². The largest absolute Gasteiger partial charge is 0.289 e. The van der Waals surface area contributed by atoms with E-state index in [1.54, 1.807) is 0 Å². The Labute approximate surface area is 126 Å². The molecule has 1 heteroatoms. The van der Waals surface area contributed by atoms with E-state index in [0.29, 0.717) is 0 Å². The van der Waals surface area contributed by atoms with Gasteiger partial charge in [-0.1, -0.05) is 61.5 Å². The summed E-state index contributed by atoms with van der Waals surface area (Å²) in [5, 5.41) is 2.54. The third-order valence-electron chi connectivity index (χ3n) is 4.21. The summed E-state index contributed by atoms with van der Waals surface area (Å²) >= 11 is 0. The van der Waals surface area contributed by atoms with E-state index >= 15 is 0 Å². The summed E-state index contributed by atoms with van der Waals surface area (Å²) in [6, 6.07) is 15.0. The first-order valence-electron chi connectivity index (χ1n) is 7.38. The Morgan fingerprint density at radius 2 is 1.52 bits per heavy atom. The second kappa shape index (κ2) is 5.00. The van der Waals surface area contributed by atoms with Crippen molar-refractivity contribution in [2.45, 2.75) is 27.2 Å². The molecule has 21 heavy (non-hydrogen) atoms. The maximum absolute atomic E-state index is 11.9. The molecule has 106 valence electrons. The molecule has 0 N–H and O–H groups in total. The Morgan fingerprint density at radius 3 is 2.19 bits per heavy atom. The van der Waals surface area contributed by atoms with E-state index in [4.69, 9.17) is 0 Å². The van der Waals surface area contributed by atoms with Gasteiger partial charge in [0, 0.05) is 5.41 Å². The molecule has 0 saturated carbocycles. The molecule has 1 nitrogen and oxygen atoms in total. The Bertz CT molecular complexity index is 755. The average Bonchev–Trinajstić information content (AvgIpc) is 2.44. The monoisotopic (exact) mass is 276 g/mol. The van der Waals surface area contributed by atoms with Crippen molar-refractivity contribution in [1.29, 1.82) is 0 Å². The van der Waals surface area contributed by atoms with E-state index in [1.165, 1.54) is 16.3 Å². The minimum absolute atomic E-state index is 0.0788. The molecule has 0 heterocycles. The van der Waals surface area contributed by atoms with Crippen LogP contribution in [0.3, 0.4) is 0 Å². The molecular weight excluding hydrogens is 256 g/mol. The molecule has 0 atom stereocenters. The number of rotatable bonds is 2. The summed E-state index contributed by atoms with van der Waals surface area (Å²) in [5.74, 6) is 0.172. The number of fused-ring (bicyclic) bond motifs is 1. The number of allylic oxidation sites excluding steroid dienone is 4. The zero-order valence-corrected chi connectivity index (χ0v) is 12.8. The van der Waals surface area contributed by atoms with Crippen molar-refractivity contribution >= 4 is 16.6 Å². The number of carbonyl (C=O) groups excluding carboxylic acids is 1. The van der Waals surface area contributed by atoms with Crippen LogP contribution in [0.2, 0.25) is 0 Å². The molecule has 1 aliphatic rings. The molecule has 2 aromatic carbocycles. The molecule has 0 unspecified atom stereocenters. The van der Waals surface area contributed by atoms with Gasteiger partial charge in [0.15, 0.2) is 5.78 Å². The Hall–Kier alpha value is -2.15. The summed E-state index contributed by atoms with van der Waals surface area (Å²) in [4.78, 5) is 11.9. The van der Waals surface area contributed by atoms with Crippen molar-refractivity contribution in [2.24, 2.45) is 5.41 Å². The number of ketones is 1. The van der Waals surface area contributed by atoms with Crippen LogP contribution in [0.25, 0.3) is 10.8 Å². The van der Waals surface area contributed by atoms with Crippen molar-refractivity contribution in [1.82, 2.24) is 0 Å². The van der Waals surface area contributed by atoms with Gasteiger partial charge >= 0.3 is 0 Å². The molecule has 3 rings (SSSR count). The first-order valence-corrected chi connectivity index (χ1v) is 7.38. The van der Waals surface area contributed by atoms with Crippen LogP contribution in [-0.4, -0.2) is 5.78 Å². The second-order valence-electron chi connectivity index (χ2n) is 6.35. The minimum atomic E-state index is -0.0788. The molecule has 0 saturated heterocycles. The second-order valence-corrected chi connectivity index (χ2v) is 6.35. The van der Waals surface area contributed by atoms with E-state index < -0.39 is 0 Å². The van der Waals surface area contributed by atoms with Crippen LogP contribution in [0.5, 0.6) is 0 Å². The molecule has 0 amide bonds. The van der Waals surface area contributed by atoms with Gasteiger partial charge in [0.2, 0.25) is 0 Å². The molecule has 0 spiro atoms. The highest BCUT2D eigenvalue weighted by molar-refractivity contribution is 6.08. The van der Waals surface area contributed by atoms with E-state index in [1.807, 2.05) is 13.8 Å². The highest BCUT2D eigenvalue weighted by Gasteiger charge is 2.26. The lowest BCUT2D eigenvalue weighted by Crippen LogP contribution is -2.22. The van der Waals surface area contributed by atoms with E-state index in [0.717, 1.165) is 17.6 Å². The number of hydrogen-bond acceptors (Lipinski definition) is 1. The fourth-order valence-electron chi connectivity index (χ4n) is 3.36. The van der Waals surface area contributed by atoms with Crippen molar-refractivity contribution in [3.63, 3.8) is 0 Å². The predicted octanol–water partition coefficient (Wildman–Crippen LogP) is 4.86. The fraction of sp³-hybridized carbons (Fsp3) is 0.250. The number of benzene rings is 2. The lowest BCUT2D eigenvalue weighted by atomic mass is 9.76. The van der Waals surface area contributed by atoms with Crippen LogP contribution in [-0.2, 0) is 11.2 Å². The van der Waals surface area contributed by atoms with Gasteiger partial charge in [0.25, 0.3) is 0 Å². The van der Waals surface area contributed by atoms with Gasteiger partial charge in [-0.05, 0) is 47.8 Å². The van der Waals surface area contributed by atoms with Crippen molar-refractivity contribution < 1.29 is 4.79 Å². The molecule has 1 aliphatic carbocycles. The first kappa shape index (κ1) is 13.8. The summed E-state index contributed by atoms with van der Waals surface area (Å²) < 4.78 is 0. The zero-order chi connectivity index (χ0) is 15.0. The number of hydrogen-bond donors (Lipinski definition) is 0. The summed E-state index contributed by atoms with van der Waals surface area (Å²) in [5.41, 5.74) is 2.94. The van der Waals surface area contributed by atoms with Crippen molar-refractivity contribution in [3.05, 3.63) is 71.3 Å². The Kier molecular flexibility index (Phi) is 3.29. The van der Waals surface area contributed by atoms with Gasteiger partial charge in [-0.25, -0.2) is 0 Å². The number of Topliss-reactive ketones (excluding diaryl/α,β-unsaturated/α-hetero) is 1. The van der Waals surface area contributed by atoms with Crippen LogP contribution in [0.4, 0.5) is 0 Å². The predicted molar refractivity (Wildman–Crippen MR) is 88.3 cm³/mol. The van der Waals surface area contributed by atoms with Gasteiger partial charge in [-0.15, -0.1) is 0 Å². The zero-order valence-electron chi connectivity index (χ0n) is 12.8. The molecule has 0 fully saturated rings. The topological polar surface area (TPSA) is 17.1 Å². The van der Waals surface area contributed by atoms with Crippen LogP contribution in [0.15, 0.2) is 65.8 Å². The molecule has 0 radical (unpaired) electrons. The smallest absolute Gasteiger partial charge is 0.183 e. The molecule has 0 bridgehead atoms. The van der Waals surface area contributed by atoms with Gasteiger partial charge < -0.3 is 0 Å². The maximum Gasteiger partial charge on any atom is 0.183 e. The van der Waals surface area contributed by atoms with Crippen molar-refractivity contribution in [3.8, 4) is 0 Å². The van der Waals surface area contributed by atoms with Crippen LogP contribution in [0, 0.1) is 5.41 Å². The van der Waals surface area contributed by atoms with E-state index in [2.05, 4.69) is 61.5 Å². The van der Waals surface area contributed by atoms with Crippen LogP contribution < -0.4 is 0 Å². The summed E-state index contributed by atoms with van der Waals surface area (Å²) in [6.07, 6.45) is 5.13. The van der Waals surface area contributed by atoms with E-state index in [9.17, 15) is 4.79 Å². The quantitative estimate of drug-likeness (QED) is 0.765. The fourth-order valence-corrected chi connectivity index (χ4v) is 3.36. The summed E-state index contributed by atoms with van der Waals surface area (Å²) in [6.45, 7) is 6.02. The van der Waals surface area contributed by atoms with Gasteiger partial charge in [0.1, 0.15) is 0 Å². The highest BCUT2D eigenvalue weighted by Crippen LogP contribution is 2.34. The SMILES string of the molecule is CC1=CC(C)(Cc2ccc3ccccc3c2)C=C(C)C1=O. The third kappa shape index (κ3) is 2.69. The maximum atomic E-state index is 11.9. The number of carbonyl (C=O) groups is 1. The lowest BCUT2D eigenvalue weighted by Gasteiger charge is -2.28. The first-order chi connectivity index (χ1) is 9.97. The molecular formula is C20H20O. The molecule has 2 aromatic rings. The van der Waals surface area contributed by atoms with Crippen LogP contribution >= 0.6 is 0 Å². The third-order valence-corrected chi connectivity index (χ3v) is 4.21. The average molecular weight is 276 g/mol. The Balaban J connectivity index is 1.96. The summed E-state index contributed by atoms with van der Waals surface area (Å²) in [7, 11) is 0. The Morgan fingerprint density at radius 1 is 0.905 bits per heavy atom. The molecule has 0 aliphatic heterocycles.